The highest BCUT2D eigenvalue weighted by molar-refractivity contribution is 8.03. The number of oxazole rings is 1. The summed E-state index contributed by atoms with van der Waals surface area (Å²) in [6.07, 6.45) is 0.943. The molecule has 0 radical (unpaired) electrons. The normalized spacial score (nSPS) is 16.2. The molecule has 3 N–H and O–H groups in total. The van der Waals surface area contributed by atoms with Crippen LogP contribution in [0.2, 0.25) is 0 Å². The molecule has 1 aliphatic rings. The Labute approximate surface area is 138 Å². The van der Waals surface area contributed by atoms with Crippen LogP contribution in [0.4, 0.5) is 4.79 Å². The van der Waals surface area contributed by atoms with E-state index in [9.17, 15) is 24.3 Å². The lowest BCUT2D eigenvalue weighted by Gasteiger charge is -2.18. The molecule has 1 aliphatic heterocycles. The van der Waals surface area contributed by atoms with Crippen molar-refractivity contribution < 1.29 is 28.7 Å². The van der Waals surface area contributed by atoms with E-state index in [1.807, 2.05) is 10.6 Å². The molecule has 122 valence electrons. The number of aromatic nitrogens is 1. The van der Waals surface area contributed by atoms with Crippen LogP contribution in [0, 0.1) is 5.92 Å². The molecule has 1 aromatic carbocycles. The van der Waals surface area contributed by atoms with Crippen molar-refractivity contribution in [2.24, 2.45) is 5.92 Å². The molecule has 1 aromatic heterocycles. The van der Waals surface area contributed by atoms with Crippen LogP contribution < -0.4 is 10.6 Å². The summed E-state index contributed by atoms with van der Waals surface area (Å²) < 4.78 is 5.40. The Bertz CT molecular complexity index is 850. The molecular weight excluding hydrogens is 338 g/mol. The third-order valence-corrected chi connectivity index (χ3v) is 3.92. The van der Waals surface area contributed by atoms with E-state index in [0.29, 0.717) is 22.9 Å². The standard InChI is InChI=1S/C14H9N3O6S/c18-10-6(11(19)17-13(22)16-10)5-9(12(20)21)24-14-15-7-3-1-2-4-8(7)23-14/h1-6H,(H,20,21)(H2,16,17,18,19,22)/b9-5-. The molecule has 2 aromatic rings. The van der Waals surface area contributed by atoms with E-state index >= 15 is 0 Å². The molecule has 0 aliphatic carbocycles. The Morgan fingerprint density at radius 3 is 2.50 bits per heavy atom. The highest BCUT2D eigenvalue weighted by Crippen LogP contribution is 2.30. The lowest BCUT2D eigenvalue weighted by molar-refractivity contribution is -0.133. The fourth-order valence-corrected chi connectivity index (χ4v) is 2.73. The second-order valence-electron chi connectivity index (χ2n) is 4.67. The van der Waals surface area contributed by atoms with Gasteiger partial charge in [0.2, 0.25) is 11.8 Å². The number of para-hydroxylation sites is 2. The Morgan fingerprint density at radius 1 is 1.21 bits per heavy atom. The van der Waals surface area contributed by atoms with Crippen molar-refractivity contribution in [1.82, 2.24) is 15.6 Å². The molecule has 24 heavy (non-hydrogen) atoms. The van der Waals surface area contributed by atoms with Crippen molar-refractivity contribution in [3.8, 4) is 0 Å². The quantitative estimate of drug-likeness (QED) is 0.421. The Kier molecular flexibility index (Phi) is 4.04. The number of aliphatic carboxylic acids is 1. The first kappa shape index (κ1) is 15.7. The first-order valence-corrected chi connectivity index (χ1v) is 7.40. The first-order valence-electron chi connectivity index (χ1n) is 6.58. The number of fused-ring (bicyclic) bond motifs is 1. The number of barbiturate groups is 1. The number of hydrogen-bond donors (Lipinski definition) is 3. The first-order chi connectivity index (χ1) is 11.4. The summed E-state index contributed by atoms with van der Waals surface area (Å²) in [5.41, 5.74) is 1.02. The number of imide groups is 2. The lowest BCUT2D eigenvalue weighted by Crippen LogP contribution is -2.55. The number of benzene rings is 1. The van der Waals surface area contributed by atoms with E-state index in [1.165, 1.54) is 0 Å². The average Bonchev–Trinajstić information content (AvgIpc) is 2.91. The maximum absolute atomic E-state index is 11.7. The molecule has 0 saturated carbocycles. The highest BCUT2D eigenvalue weighted by atomic mass is 32.2. The number of thioether (sulfide) groups is 1. The Balaban J connectivity index is 1.89. The van der Waals surface area contributed by atoms with Gasteiger partial charge in [0.05, 0.1) is 4.91 Å². The van der Waals surface area contributed by atoms with Gasteiger partial charge in [0.1, 0.15) is 11.4 Å². The molecule has 0 unspecified atom stereocenters. The van der Waals surface area contributed by atoms with Gasteiger partial charge in [-0.25, -0.2) is 14.6 Å². The van der Waals surface area contributed by atoms with Crippen LogP contribution in [-0.2, 0) is 14.4 Å². The summed E-state index contributed by atoms with van der Waals surface area (Å²) in [5.74, 6) is -4.60. The van der Waals surface area contributed by atoms with Gasteiger partial charge < -0.3 is 9.52 Å². The van der Waals surface area contributed by atoms with Crippen molar-refractivity contribution in [2.45, 2.75) is 5.22 Å². The summed E-state index contributed by atoms with van der Waals surface area (Å²) >= 11 is 0.660. The van der Waals surface area contributed by atoms with Crippen LogP contribution in [0.5, 0.6) is 0 Å². The van der Waals surface area contributed by atoms with Crippen LogP contribution in [0.25, 0.3) is 11.1 Å². The van der Waals surface area contributed by atoms with E-state index in [2.05, 4.69) is 4.98 Å². The monoisotopic (exact) mass is 347 g/mol. The summed E-state index contributed by atoms with van der Waals surface area (Å²) in [7, 11) is 0. The van der Waals surface area contributed by atoms with Gasteiger partial charge in [-0.3, -0.25) is 20.2 Å². The van der Waals surface area contributed by atoms with Gasteiger partial charge in [0, 0.05) is 0 Å². The van der Waals surface area contributed by atoms with Crippen LogP contribution in [-0.4, -0.2) is 33.9 Å². The number of urea groups is 1. The summed E-state index contributed by atoms with van der Waals surface area (Å²) in [4.78, 5) is 49.6. The van der Waals surface area contributed by atoms with E-state index < -0.39 is 29.7 Å². The second-order valence-corrected chi connectivity index (χ2v) is 5.66. The zero-order valence-electron chi connectivity index (χ0n) is 11.8. The largest absolute Gasteiger partial charge is 0.477 e. The van der Waals surface area contributed by atoms with Gasteiger partial charge in [-0.05, 0) is 30.0 Å². The predicted octanol–water partition coefficient (Wildman–Crippen LogP) is 0.871. The topological polar surface area (TPSA) is 139 Å². The minimum Gasteiger partial charge on any atom is -0.477 e. The smallest absolute Gasteiger partial charge is 0.342 e. The molecular formula is C14H9N3O6S. The molecule has 2 heterocycles. The van der Waals surface area contributed by atoms with Gasteiger partial charge in [-0.2, -0.15) is 0 Å². The van der Waals surface area contributed by atoms with Crippen LogP contribution in [0.15, 0.2) is 44.9 Å². The number of carbonyl (C=O) groups is 4. The molecule has 1 saturated heterocycles. The van der Waals surface area contributed by atoms with Crippen molar-refractivity contribution in [2.75, 3.05) is 0 Å². The highest BCUT2D eigenvalue weighted by Gasteiger charge is 2.34. The minimum atomic E-state index is -1.44. The summed E-state index contributed by atoms with van der Waals surface area (Å²) in [6, 6.07) is 5.91. The number of hydrogen-bond acceptors (Lipinski definition) is 7. The van der Waals surface area contributed by atoms with Gasteiger partial charge in [0.25, 0.3) is 5.22 Å². The Hall–Kier alpha value is -3.14. The van der Waals surface area contributed by atoms with Gasteiger partial charge in [-0.1, -0.05) is 12.1 Å². The minimum absolute atomic E-state index is 0.0533. The fourth-order valence-electron chi connectivity index (χ4n) is 1.97. The third-order valence-electron chi connectivity index (χ3n) is 3.04. The number of carboxylic acids is 1. The van der Waals surface area contributed by atoms with Crippen molar-refractivity contribution in [3.63, 3.8) is 0 Å². The van der Waals surface area contributed by atoms with E-state index in [0.717, 1.165) is 6.08 Å². The van der Waals surface area contributed by atoms with Gasteiger partial charge in [0.15, 0.2) is 5.58 Å². The van der Waals surface area contributed by atoms with Crippen molar-refractivity contribution in [3.05, 3.63) is 35.2 Å². The van der Waals surface area contributed by atoms with E-state index in [1.54, 1.807) is 24.3 Å². The zero-order valence-corrected chi connectivity index (χ0v) is 12.6. The van der Waals surface area contributed by atoms with Gasteiger partial charge >= 0.3 is 12.0 Å². The third kappa shape index (κ3) is 3.13. The lowest BCUT2D eigenvalue weighted by atomic mass is 10.1. The van der Waals surface area contributed by atoms with Crippen LogP contribution in [0.1, 0.15) is 0 Å². The average molecular weight is 347 g/mol. The number of carbonyl (C=O) groups excluding carboxylic acids is 3. The van der Waals surface area contributed by atoms with E-state index in [-0.39, 0.29) is 10.1 Å². The number of carboxylic acid groups (broad SMARTS) is 1. The van der Waals surface area contributed by atoms with Crippen molar-refractivity contribution in [1.29, 1.82) is 0 Å². The maximum atomic E-state index is 11.7. The number of rotatable bonds is 4. The SMILES string of the molecule is O=C1NC(=O)C(/C=C(\Sc2nc3ccccc3o2)C(=O)O)C(=O)N1. The Morgan fingerprint density at radius 2 is 1.88 bits per heavy atom. The second kappa shape index (κ2) is 6.16. The molecule has 4 amide bonds. The molecule has 0 spiro atoms. The molecule has 10 heteroatoms. The molecule has 0 bridgehead atoms. The van der Waals surface area contributed by atoms with Gasteiger partial charge in [-0.15, -0.1) is 0 Å². The van der Waals surface area contributed by atoms with Crippen LogP contribution >= 0.6 is 11.8 Å². The van der Waals surface area contributed by atoms with E-state index in [4.69, 9.17) is 4.42 Å². The summed E-state index contributed by atoms with van der Waals surface area (Å²) in [5, 5.41) is 13.1. The predicted molar refractivity (Wildman–Crippen MR) is 80.8 cm³/mol. The van der Waals surface area contributed by atoms with Crippen LogP contribution in [0.3, 0.4) is 0 Å². The zero-order chi connectivity index (χ0) is 17.3. The number of nitrogens with one attached hydrogen (secondary N) is 2. The summed E-state index contributed by atoms with van der Waals surface area (Å²) in [6.45, 7) is 0. The maximum Gasteiger partial charge on any atom is 0.342 e. The number of nitrogens with zero attached hydrogens (tertiary/aromatic N) is 1. The molecule has 9 nitrogen and oxygen atoms in total. The van der Waals surface area contributed by atoms with Crippen molar-refractivity contribution >= 4 is 46.7 Å². The molecule has 1 fully saturated rings. The molecule has 3 rings (SSSR count). The fraction of sp³-hybridized carbons (Fsp3) is 0.0714. The number of amides is 4. The molecule has 0 atom stereocenters.